The summed E-state index contributed by atoms with van der Waals surface area (Å²) in [5.41, 5.74) is 0.869. The fourth-order valence-corrected chi connectivity index (χ4v) is 3.62. The molecule has 1 aliphatic rings. The third kappa shape index (κ3) is 4.94. The molecule has 1 heterocycles. The van der Waals surface area contributed by atoms with Gasteiger partial charge in [0.05, 0.1) is 19.3 Å². The minimum absolute atomic E-state index is 0.0475. The first-order chi connectivity index (χ1) is 10.9. The Morgan fingerprint density at radius 3 is 2.57 bits per heavy atom. The van der Waals surface area contributed by atoms with Crippen LogP contribution in [0.25, 0.3) is 0 Å². The highest BCUT2D eigenvalue weighted by molar-refractivity contribution is 7.89. The lowest BCUT2D eigenvalue weighted by molar-refractivity contribution is -0.131. The molecule has 0 radical (unpaired) electrons. The second-order valence-electron chi connectivity index (χ2n) is 5.66. The molecule has 7 heteroatoms. The van der Waals surface area contributed by atoms with Crippen LogP contribution in [0.5, 0.6) is 5.75 Å². The number of hydrogen-bond donors (Lipinski definition) is 1. The Labute approximate surface area is 137 Å². The van der Waals surface area contributed by atoms with Gasteiger partial charge >= 0.3 is 0 Å². The predicted molar refractivity (Wildman–Crippen MR) is 88.9 cm³/mol. The van der Waals surface area contributed by atoms with E-state index in [1.165, 1.54) is 0 Å². The Kier molecular flexibility index (Phi) is 6.01. The highest BCUT2D eigenvalue weighted by atomic mass is 32.2. The Morgan fingerprint density at radius 1 is 1.30 bits per heavy atom. The summed E-state index contributed by atoms with van der Waals surface area (Å²) in [6.07, 6.45) is 1.60. The smallest absolute Gasteiger partial charge is 0.227 e. The largest absolute Gasteiger partial charge is 0.496 e. The van der Waals surface area contributed by atoms with E-state index < -0.39 is 10.0 Å². The van der Waals surface area contributed by atoms with Crippen molar-refractivity contribution in [2.45, 2.75) is 32.2 Å². The van der Waals surface area contributed by atoms with Gasteiger partial charge in [0.15, 0.2) is 0 Å². The van der Waals surface area contributed by atoms with Crippen LogP contribution in [0.4, 0.5) is 0 Å². The van der Waals surface area contributed by atoms with Gasteiger partial charge in [0.1, 0.15) is 5.75 Å². The molecule has 1 aromatic rings. The molecule has 1 aromatic carbocycles. The van der Waals surface area contributed by atoms with Gasteiger partial charge in [-0.2, -0.15) is 0 Å². The van der Waals surface area contributed by atoms with Gasteiger partial charge in [0, 0.05) is 24.7 Å². The van der Waals surface area contributed by atoms with E-state index in [2.05, 4.69) is 4.72 Å². The summed E-state index contributed by atoms with van der Waals surface area (Å²) in [4.78, 5) is 14.2. The third-order valence-corrected chi connectivity index (χ3v) is 5.56. The lowest BCUT2D eigenvalue weighted by Crippen LogP contribution is -2.47. The van der Waals surface area contributed by atoms with Crippen molar-refractivity contribution in [1.82, 2.24) is 9.62 Å². The van der Waals surface area contributed by atoms with E-state index >= 15 is 0 Å². The normalized spacial score (nSPS) is 16.3. The molecule has 128 valence electrons. The van der Waals surface area contributed by atoms with Crippen molar-refractivity contribution in [3.63, 3.8) is 0 Å². The molecule has 1 fully saturated rings. The van der Waals surface area contributed by atoms with E-state index in [4.69, 9.17) is 4.74 Å². The number of nitrogens with zero attached hydrogens (tertiary/aromatic N) is 1. The van der Waals surface area contributed by atoms with Gasteiger partial charge in [-0.15, -0.1) is 0 Å². The van der Waals surface area contributed by atoms with Gasteiger partial charge in [0.2, 0.25) is 15.9 Å². The standard InChI is InChI=1S/C16H24N2O4S/c1-3-23(20,21)17-14-8-10-18(11-9-14)16(19)12-13-6-4-5-7-15(13)22-2/h4-7,14,17H,3,8-12H2,1-2H3. The molecular weight excluding hydrogens is 316 g/mol. The van der Waals surface area contributed by atoms with Gasteiger partial charge in [-0.25, -0.2) is 13.1 Å². The molecule has 0 unspecified atom stereocenters. The molecule has 1 amide bonds. The molecule has 23 heavy (non-hydrogen) atoms. The summed E-state index contributed by atoms with van der Waals surface area (Å²) in [5, 5.41) is 0. The maximum Gasteiger partial charge on any atom is 0.227 e. The van der Waals surface area contributed by atoms with Crippen LogP contribution < -0.4 is 9.46 Å². The first-order valence-corrected chi connectivity index (χ1v) is 9.50. The van der Waals surface area contributed by atoms with Crippen molar-refractivity contribution < 1.29 is 17.9 Å². The monoisotopic (exact) mass is 340 g/mol. The van der Waals surface area contributed by atoms with Crippen LogP contribution in [0.1, 0.15) is 25.3 Å². The summed E-state index contributed by atoms with van der Waals surface area (Å²) in [6, 6.07) is 7.41. The molecule has 0 saturated carbocycles. The summed E-state index contributed by atoms with van der Waals surface area (Å²) < 4.78 is 31.1. The van der Waals surface area contributed by atoms with Gasteiger partial charge in [-0.05, 0) is 25.8 Å². The fraction of sp³-hybridized carbons (Fsp3) is 0.562. The maximum atomic E-state index is 12.4. The van der Waals surface area contributed by atoms with Crippen molar-refractivity contribution in [2.24, 2.45) is 0 Å². The van der Waals surface area contributed by atoms with E-state index in [1.54, 1.807) is 18.9 Å². The second kappa shape index (κ2) is 7.79. The number of para-hydroxylation sites is 1. The predicted octanol–water partition coefficient (Wildman–Crippen LogP) is 1.17. The minimum Gasteiger partial charge on any atom is -0.496 e. The number of benzene rings is 1. The molecule has 0 atom stereocenters. The molecule has 1 N–H and O–H groups in total. The number of piperidine rings is 1. The number of ether oxygens (including phenoxy) is 1. The van der Waals surface area contributed by atoms with E-state index in [1.807, 2.05) is 24.3 Å². The molecule has 1 saturated heterocycles. The van der Waals surface area contributed by atoms with Crippen LogP contribution in [-0.4, -0.2) is 51.2 Å². The van der Waals surface area contributed by atoms with Crippen LogP contribution in [0.3, 0.4) is 0 Å². The molecular formula is C16H24N2O4S. The molecule has 0 bridgehead atoms. The molecule has 1 aliphatic heterocycles. The third-order valence-electron chi connectivity index (χ3n) is 4.11. The highest BCUT2D eigenvalue weighted by Crippen LogP contribution is 2.20. The van der Waals surface area contributed by atoms with Crippen molar-refractivity contribution in [3.8, 4) is 5.75 Å². The SMILES string of the molecule is CCS(=O)(=O)NC1CCN(C(=O)Cc2ccccc2OC)CC1. The zero-order valence-corrected chi connectivity index (χ0v) is 14.4. The zero-order valence-electron chi connectivity index (χ0n) is 13.6. The molecule has 0 aliphatic carbocycles. The topological polar surface area (TPSA) is 75.7 Å². The first kappa shape index (κ1) is 17.7. The number of amides is 1. The van der Waals surface area contributed by atoms with E-state index in [9.17, 15) is 13.2 Å². The number of carbonyl (C=O) groups is 1. The van der Waals surface area contributed by atoms with Crippen molar-refractivity contribution in [2.75, 3.05) is 26.0 Å². The number of hydrogen-bond acceptors (Lipinski definition) is 4. The van der Waals surface area contributed by atoms with E-state index in [-0.39, 0.29) is 17.7 Å². The lowest BCUT2D eigenvalue weighted by Gasteiger charge is -2.32. The van der Waals surface area contributed by atoms with E-state index in [0.29, 0.717) is 38.1 Å². The molecule has 2 rings (SSSR count). The van der Waals surface area contributed by atoms with Crippen molar-refractivity contribution >= 4 is 15.9 Å². The highest BCUT2D eigenvalue weighted by Gasteiger charge is 2.25. The fourth-order valence-electron chi connectivity index (χ4n) is 2.71. The van der Waals surface area contributed by atoms with Gasteiger partial charge in [-0.1, -0.05) is 18.2 Å². The summed E-state index contributed by atoms with van der Waals surface area (Å²) in [5.74, 6) is 0.845. The zero-order chi connectivity index (χ0) is 16.9. The molecule has 0 spiro atoms. The lowest BCUT2D eigenvalue weighted by atomic mass is 10.0. The average molecular weight is 340 g/mol. The molecule has 6 nitrogen and oxygen atoms in total. The summed E-state index contributed by atoms with van der Waals surface area (Å²) in [6.45, 7) is 2.77. The number of rotatable bonds is 6. The Morgan fingerprint density at radius 2 is 1.96 bits per heavy atom. The van der Waals surface area contributed by atoms with Crippen molar-refractivity contribution in [3.05, 3.63) is 29.8 Å². The number of nitrogens with one attached hydrogen (secondary N) is 1. The summed E-state index contributed by atoms with van der Waals surface area (Å²) >= 11 is 0. The van der Waals surface area contributed by atoms with Crippen LogP contribution in [-0.2, 0) is 21.2 Å². The van der Waals surface area contributed by atoms with Crippen LogP contribution >= 0.6 is 0 Å². The Bertz CT molecular complexity index is 637. The van der Waals surface area contributed by atoms with Gasteiger partial charge in [0.25, 0.3) is 0 Å². The maximum absolute atomic E-state index is 12.4. The molecule has 0 aromatic heterocycles. The Balaban J connectivity index is 1.89. The van der Waals surface area contributed by atoms with Gasteiger partial charge in [-0.3, -0.25) is 4.79 Å². The second-order valence-corrected chi connectivity index (χ2v) is 7.71. The number of sulfonamides is 1. The average Bonchev–Trinajstić information content (AvgIpc) is 2.55. The minimum atomic E-state index is -3.18. The van der Waals surface area contributed by atoms with E-state index in [0.717, 1.165) is 5.56 Å². The van der Waals surface area contributed by atoms with Crippen LogP contribution in [0, 0.1) is 0 Å². The summed E-state index contributed by atoms with van der Waals surface area (Å²) in [7, 11) is -1.59. The van der Waals surface area contributed by atoms with Crippen LogP contribution in [0.2, 0.25) is 0 Å². The number of likely N-dealkylation sites (tertiary alicyclic amines) is 1. The quantitative estimate of drug-likeness (QED) is 0.843. The Hall–Kier alpha value is -1.60. The van der Waals surface area contributed by atoms with Crippen molar-refractivity contribution in [1.29, 1.82) is 0 Å². The first-order valence-electron chi connectivity index (χ1n) is 7.85. The van der Waals surface area contributed by atoms with Gasteiger partial charge < -0.3 is 9.64 Å². The number of methoxy groups -OCH3 is 1. The van der Waals surface area contributed by atoms with Crippen LogP contribution in [0.15, 0.2) is 24.3 Å². The number of carbonyl (C=O) groups excluding carboxylic acids is 1.